The Labute approximate surface area is 182 Å². The third kappa shape index (κ3) is 3.81. The van der Waals surface area contributed by atoms with Gasteiger partial charge in [0.1, 0.15) is 18.5 Å². The monoisotopic (exact) mass is 426 g/mol. The fourth-order valence-corrected chi connectivity index (χ4v) is 5.05. The third-order valence-electron chi connectivity index (χ3n) is 6.71. The fraction of sp³-hybridized carbons (Fsp3) is 0.652. The number of esters is 1. The lowest BCUT2D eigenvalue weighted by Gasteiger charge is -2.29. The maximum absolute atomic E-state index is 12.9. The Morgan fingerprint density at radius 3 is 2.81 bits per heavy atom. The van der Waals surface area contributed by atoms with Gasteiger partial charge in [-0.15, -0.1) is 0 Å². The van der Waals surface area contributed by atoms with E-state index >= 15 is 0 Å². The SMILES string of the molecule is CC[C@H]1O[C@@](C#N)(c2ccc3c(C)ncnn23)[C@H](OC(=O)CC2CCCCC2)[C@@H]1OC. The number of carbonyl (C=O) groups excluding carboxylic acids is 1. The molecule has 2 aliphatic rings. The zero-order valence-corrected chi connectivity index (χ0v) is 18.4. The Morgan fingerprint density at radius 1 is 1.35 bits per heavy atom. The molecule has 1 aliphatic carbocycles. The van der Waals surface area contributed by atoms with E-state index in [0.29, 0.717) is 24.5 Å². The van der Waals surface area contributed by atoms with E-state index in [9.17, 15) is 10.1 Å². The number of hydrogen-bond donors (Lipinski definition) is 0. The van der Waals surface area contributed by atoms with E-state index in [1.165, 1.54) is 12.7 Å². The molecule has 0 bridgehead atoms. The molecule has 2 aromatic rings. The van der Waals surface area contributed by atoms with Gasteiger partial charge in [0.2, 0.25) is 5.60 Å². The molecule has 0 N–H and O–H groups in total. The average Bonchev–Trinajstić information content (AvgIpc) is 3.35. The number of rotatable bonds is 6. The van der Waals surface area contributed by atoms with E-state index in [4.69, 9.17) is 14.2 Å². The molecular weight excluding hydrogens is 396 g/mol. The zero-order chi connectivity index (χ0) is 22.0. The van der Waals surface area contributed by atoms with Gasteiger partial charge in [-0.25, -0.2) is 9.50 Å². The molecule has 4 atom stereocenters. The van der Waals surface area contributed by atoms with Crippen LogP contribution in [-0.2, 0) is 24.6 Å². The van der Waals surface area contributed by atoms with Gasteiger partial charge in [0, 0.05) is 13.5 Å². The van der Waals surface area contributed by atoms with Gasteiger partial charge in [0.25, 0.3) is 0 Å². The third-order valence-corrected chi connectivity index (χ3v) is 6.71. The fourth-order valence-electron chi connectivity index (χ4n) is 5.05. The second-order valence-electron chi connectivity index (χ2n) is 8.59. The molecule has 31 heavy (non-hydrogen) atoms. The number of methoxy groups -OCH3 is 1. The van der Waals surface area contributed by atoms with Crippen LogP contribution in [0.15, 0.2) is 18.5 Å². The molecule has 1 aliphatic heterocycles. The lowest BCUT2D eigenvalue weighted by Crippen LogP contribution is -2.45. The van der Waals surface area contributed by atoms with Crippen LogP contribution in [0.1, 0.15) is 63.3 Å². The molecule has 2 fully saturated rings. The quantitative estimate of drug-likeness (QED) is 0.652. The van der Waals surface area contributed by atoms with Crippen molar-refractivity contribution in [3.05, 3.63) is 29.8 Å². The van der Waals surface area contributed by atoms with Crippen molar-refractivity contribution >= 4 is 11.5 Å². The first-order chi connectivity index (χ1) is 15.0. The first kappa shape index (κ1) is 21.7. The summed E-state index contributed by atoms with van der Waals surface area (Å²) in [5, 5.41) is 14.7. The van der Waals surface area contributed by atoms with E-state index in [0.717, 1.165) is 36.9 Å². The summed E-state index contributed by atoms with van der Waals surface area (Å²) in [6.07, 6.45) is 6.23. The molecule has 1 saturated heterocycles. The first-order valence-corrected chi connectivity index (χ1v) is 11.1. The summed E-state index contributed by atoms with van der Waals surface area (Å²) in [5.41, 5.74) is 0.561. The van der Waals surface area contributed by atoms with Crippen LogP contribution in [0, 0.1) is 24.2 Å². The maximum Gasteiger partial charge on any atom is 0.306 e. The number of nitriles is 1. The van der Waals surface area contributed by atoms with Gasteiger partial charge >= 0.3 is 5.97 Å². The predicted molar refractivity (Wildman–Crippen MR) is 112 cm³/mol. The minimum Gasteiger partial charge on any atom is -0.455 e. The number of fused-ring (bicyclic) bond motifs is 1. The van der Waals surface area contributed by atoms with Crippen LogP contribution < -0.4 is 0 Å². The van der Waals surface area contributed by atoms with Gasteiger partial charge in [-0.1, -0.05) is 26.2 Å². The summed E-state index contributed by atoms with van der Waals surface area (Å²) in [4.78, 5) is 17.2. The Morgan fingerprint density at radius 2 is 2.13 bits per heavy atom. The van der Waals surface area contributed by atoms with E-state index in [2.05, 4.69) is 16.2 Å². The molecule has 0 spiro atoms. The lowest BCUT2D eigenvalue weighted by molar-refractivity contribution is -0.162. The van der Waals surface area contributed by atoms with Crippen molar-refractivity contribution in [3.63, 3.8) is 0 Å². The minimum absolute atomic E-state index is 0.300. The minimum atomic E-state index is -1.52. The Balaban J connectivity index is 1.70. The summed E-state index contributed by atoms with van der Waals surface area (Å²) in [7, 11) is 1.56. The number of carbonyl (C=O) groups is 1. The Kier molecular flexibility index (Phi) is 6.26. The second-order valence-corrected chi connectivity index (χ2v) is 8.59. The number of ether oxygens (including phenoxy) is 3. The van der Waals surface area contributed by atoms with E-state index in [-0.39, 0.29) is 12.1 Å². The summed E-state index contributed by atoms with van der Waals surface area (Å²) >= 11 is 0. The normalized spacial score (nSPS) is 29.2. The Hall–Kier alpha value is -2.50. The zero-order valence-electron chi connectivity index (χ0n) is 18.4. The number of nitrogens with zero attached hydrogens (tertiary/aromatic N) is 4. The molecule has 166 valence electrons. The van der Waals surface area contributed by atoms with E-state index < -0.39 is 17.8 Å². The van der Waals surface area contributed by atoms with Crippen molar-refractivity contribution in [1.29, 1.82) is 5.26 Å². The van der Waals surface area contributed by atoms with E-state index in [1.807, 2.05) is 19.9 Å². The molecule has 0 radical (unpaired) electrons. The van der Waals surface area contributed by atoms with Gasteiger partial charge in [-0.3, -0.25) is 4.79 Å². The van der Waals surface area contributed by atoms with Crippen molar-refractivity contribution in [3.8, 4) is 6.07 Å². The van der Waals surface area contributed by atoms with Gasteiger partial charge in [-0.2, -0.15) is 10.4 Å². The van der Waals surface area contributed by atoms with Crippen LogP contribution in [-0.4, -0.2) is 46.0 Å². The highest BCUT2D eigenvalue weighted by atomic mass is 16.6. The highest BCUT2D eigenvalue weighted by Gasteiger charge is 2.60. The molecule has 0 amide bonds. The van der Waals surface area contributed by atoms with Crippen LogP contribution in [0.5, 0.6) is 0 Å². The van der Waals surface area contributed by atoms with Gasteiger partial charge in [-0.05, 0) is 44.2 Å². The van der Waals surface area contributed by atoms with Gasteiger partial charge in [0.15, 0.2) is 6.10 Å². The number of aryl methyl sites for hydroxylation is 1. The van der Waals surface area contributed by atoms with Gasteiger partial charge < -0.3 is 14.2 Å². The first-order valence-electron chi connectivity index (χ1n) is 11.1. The highest BCUT2D eigenvalue weighted by molar-refractivity contribution is 5.70. The molecule has 8 heteroatoms. The topological polar surface area (TPSA) is 98.7 Å². The summed E-state index contributed by atoms with van der Waals surface area (Å²) in [6, 6.07) is 5.97. The highest BCUT2D eigenvalue weighted by Crippen LogP contribution is 2.44. The van der Waals surface area contributed by atoms with Crippen molar-refractivity contribution in [2.75, 3.05) is 7.11 Å². The molecule has 0 unspecified atom stereocenters. The number of aromatic nitrogens is 3. The molecule has 4 rings (SSSR count). The van der Waals surface area contributed by atoms with E-state index in [1.54, 1.807) is 17.7 Å². The second kappa shape index (κ2) is 8.93. The van der Waals surface area contributed by atoms with Crippen molar-refractivity contribution in [2.24, 2.45) is 5.92 Å². The average molecular weight is 427 g/mol. The standard InChI is InChI=1S/C23H30N4O4/c1-4-18-21(29-3)22(30-20(28)12-16-8-6-5-7-9-16)23(13-24,31-18)19-11-10-17-15(2)25-14-26-27(17)19/h10-11,14,16,18,21-22H,4-9,12H2,1-3H3/t18-,21-,22-,23+/m1/s1. The molecular formula is C23H30N4O4. The molecule has 2 aromatic heterocycles. The molecule has 3 heterocycles. The summed E-state index contributed by atoms with van der Waals surface area (Å²) < 4.78 is 19.7. The lowest BCUT2D eigenvalue weighted by atomic mass is 9.87. The van der Waals surface area contributed by atoms with Crippen LogP contribution >= 0.6 is 0 Å². The van der Waals surface area contributed by atoms with Crippen molar-refractivity contribution < 1.29 is 19.0 Å². The molecule has 8 nitrogen and oxygen atoms in total. The van der Waals surface area contributed by atoms with Crippen molar-refractivity contribution in [1.82, 2.24) is 14.6 Å². The molecule has 1 saturated carbocycles. The van der Waals surface area contributed by atoms with Gasteiger partial charge in [0.05, 0.1) is 23.0 Å². The maximum atomic E-state index is 12.9. The van der Waals surface area contributed by atoms with Crippen LogP contribution in [0.2, 0.25) is 0 Å². The molecule has 0 aromatic carbocycles. The van der Waals surface area contributed by atoms with Crippen molar-refractivity contribution in [2.45, 2.75) is 82.7 Å². The van der Waals surface area contributed by atoms with Crippen LogP contribution in [0.4, 0.5) is 0 Å². The largest absolute Gasteiger partial charge is 0.455 e. The van der Waals surface area contributed by atoms with Crippen LogP contribution in [0.25, 0.3) is 5.52 Å². The Bertz CT molecular complexity index is 978. The summed E-state index contributed by atoms with van der Waals surface area (Å²) in [5.74, 6) is 0.0399. The van der Waals surface area contributed by atoms with Crippen LogP contribution in [0.3, 0.4) is 0 Å². The number of hydrogen-bond acceptors (Lipinski definition) is 7. The summed E-state index contributed by atoms with van der Waals surface area (Å²) in [6.45, 7) is 3.84. The smallest absolute Gasteiger partial charge is 0.306 e. The predicted octanol–water partition coefficient (Wildman–Crippen LogP) is 3.46.